The van der Waals surface area contributed by atoms with Crippen molar-refractivity contribution in [1.29, 1.82) is 0 Å². The van der Waals surface area contributed by atoms with E-state index in [1.165, 1.54) is 24.0 Å². The average Bonchev–Trinajstić information content (AvgIpc) is 3.25. The monoisotopic (exact) mass is 423 g/mol. The Morgan fingerprint density at radius 1 is 1.23 bits per heavy atom. The van der Waals surface area contributed by atoms with Gasteiger partial charge in [0.1, 0.15) is 10.8 Å². The van der Waals surface area contributed by atoms with Gasteiger partial charge in [-0.2, -0.15) is 0 Å². The summed E-state index contributed by atoms with van der Waals surface area (Å²) in [5, 5.41) is 10.4. The number of likely N-dealkylation sites (tertiary alicyclic amines) is 1. The molecule has 2 aromatic rings. The molecule has 4 heterocycles. The Bertz CT molecular complexity index is 1010. The highest BCUT2D eigenvalue weighted by molar-refractivity contribution is 7.14. The van der Waals surface area contributed by atoms with Gasteiger partial charge in [0.25, 0.3) is 0 Å². The second-order valence-corrected chi connectivity index (χ2v) is 10.9. The Labute approximate surface area is 181 Å². The summed E-state index contributed by atoms with van der Waals surface area (Å²) in [4.78, 5) is 7.49. The summed E-state index contributed by atoms with van der Waals surface area (Å²) in [5.41, 5.74) is 12.1. The Balaban J connectivity index is 1.23. The topological polar surface area (TPSA) is 74.9 Å². The molecule has 0 bridgehead atoms. The molecule has 1 aromatic carbocycles. The molecule has 2 saturated heterocycles. The highest BCUT2D eigenvalue weighted by atomic mass is 32.1. The van der Waals surface area contributed by atoms with Gasteiger partial charge >= 0.3 is 0 Å². The van der Waals surface area contributed by atoms with Gasteiger partial charge in [-0.25, -0.2) is 4.99 Å². The molecule has 158 valence electrons. The molecule has 0 radical (unpaired) electrons. The molecule has 0 amide bonds. The Morgan fingerprint density at radius 3 is 2.60 bits per heavy atom. The predicted molar refractivity (Wildman–Crippen MR) is 121 cm³/mol. The molecule has 1 unspecified atom stereocenters. The van der Waals surface area contributed by atoms with E-state index in [0.717, 1.165) is 54.8 Å². The van der Waals surface area contributed by atoms with E-state index in [1.54, 1.807) is 11.3 Å². The van der Waals surface area contributed by atoms with E-state index < -0.39 is 5.79 Å². The molecule has 1 atom stereocenters. The highest BCUT2D eigenvalue weighted by Gasteiger charge is 2.48. The average molecular weight is 424 g/mol. The van der Waals surface area contributed by atoms with Crippen LogP contribution in [0.4, 0.5) is 5.00 Å². The third-order valence-corrected chi connectivity index (χ3v) is 7.97. The summed E-state index contributed by atoms with van der Waals surface area (Å²) in [6.45, 7) is 9.53. The standard InChI is InChI=1S/C23H29N5OS/c1-15-10-30-20-18(15)19(25-21(2)7-8-21)26-23(24,27-20)17-5-3-16(4-6-17)9-28-11-22(12-28)13-29-14-22/h3-6,10,27H,7-9,11-14,24H2,1-2H3,(H,25,26). The van der Waals surface area contributed by atoms with Crippen molar-refractivity contribution in [1.82, 2.24) is 10.2 Å². The van der Waals surface area contributed by atoms with Crippen LogP contribution >= 0.6 is 11.3 Å². The minimum absolute atomic E-state index is 0.145. The number of anilines is 1. The summed E-state index contributed by atoms with van der Waals surface area (Å²) >= 11 is 1.70. The summed E-state index contributed by atoms with van der Waals surface area (Å²) in [7, 11) is 0. The van der Waals surface area contributed by atoms with Crippen LogP contribution in [0.25, 0.3) is 0 Å². The molecule has 30 heavy (non-hydrogen) atoms. The lowest BCUT2D eigenvalue weighted by atomic mass is 9.78. The summed E-state index contributed by atoms with van der Waals surface area (Å²) < 4.78 is 5.38. The van der Waals surface area contributed by atoms with Gasteiger partial charge < -0.3 is 15.4 Å². The fraction of sp³-hybridized carbons (Fsp3) is 0.522. The maximum absolute atomic E-state index is 6.83. The Hall–Kier alpha value is -1.93. The zero-order chi connectivity index (χ0) is 20.6. The van der Waals surface area contributed by atoms with Gasteiger partial charge in [-0.05, 0) is 43.2 Å². The van der Waals surface area contributed by atoms with Gasteiger partial charge in [0.05, 0.1) is 18.8 Å². The number of nitrogens with two attached hydrogens (primary N) is 1. The molecule has 6 nitrogen and oxygen atoms in total. The molecule has 3 aliphatic heterocycles. The first-order valence-corrected chi connectivity index (χ1v) is 11.7. The number of thiophene rings is 1. The van der Waals surface area contributed by atoms with Crippen molar-refractivity contribution >= 4 is 22.2 Å². The summed E-state index contributed by atoms with van der Waals surface area (Å²) in [5.74, 6) is -0.0387. The van der Waals surface area contributed by atoms with Gasteiger partial charge in [-0.1, -0.05) is 24.3 Å². The van der Waals surface area contributed by atoms with Crippen LogP contribution in [0.5, 0.6) is 0 Å². The van der Waals surface area contributed by atoms with Crippen molar-refractivity contribution in [2.45, 2.75) is 44.6 Å². The molecule has 6 rings (SSSR count). The largest absolute Gasteiger partial charge is 0.380 e. The van der Waals surface area contributed by atoms with Crippen LogP contribution in [0, 0.1) is 12.3 Å². The normalized spacial score (nSPS) is 28.0. The molecule has 4 N–H and O–H groups in total. The molecule has 7 heteroatoms. The van der Waals surface area contributed by atoms with Gasteiger partial charge in [0.15, 0.2) is 0 Å². The van der Waals surface area contributed by atoms with Gasteiger partial charge in [0.2, 0.25) is 5.79 Å². The molecular weight excluding hydrogens is 394 g/mol. The fourth-order valence-electron chi connectivity index (χ4n) is 4.80. The number of rotatable bonds is 4. The van der Waals surface area contributed by atoms with Crippen molar-refractivity contribution in [3.63, 3.8) is 0 Å². The van der Waals surface area contributed by atoms with Crippen molar-refractivity contribution < 1.29 is 4.74 Å². The molecule has 4 aliphatic rings. The number of nitrogens with one attached hydrogen (secondary N) is 2. The quantitative estimate of drug-likeness (QED) is 0.705. The van der Waals surface area contributed by atoms with E-state index in [-0.39, 0.29) is 5.54 Å². The fourth-order valence-corrected chi connectivity index (χ4v) is 5.80. The molecule has 1 saturated carbocycles. The Morgan fingerprint density at radius 2 is 1.97 bits per heavy atom. The van der Waals surface area contributed by atoms with E-state index in [4.69, 9.17) is 15.5 Å². The number of hydrogen-bond donors (Lipinski definition) is 3. The lowest BCUT2D eigenvalue weighted by molar-refractivity contribution is -0.191. The van der Waals surface area contributed by atoms with Crippen LogP contribution in [-0.4, -0.2) is 42.6 Å². The summed E-state index contributed by atoms with van der Waals surface area (Å²) in [6.07, 6.45) is 2.35. The van der Waals surface area contributed by atoms with E-state index in [9.17, 15) is 0 Å². The zero-order valence-electron chi connectivity index (χ0n) is 17.6. The number of benzene rings is 1. The van der Waals surface area contributed by atoms with E-state index in [0.29, 0.717) is 5.41 Å². The van der Waals surface area contributed by atoms with Gasteiger partial charge in [0, 0.05) is 36.2 Å². The zero-order valence-corrected chi connectivity index (χ0v) is 18.4. The Kier molecular flexibility index (Phi) is 3.95. The second kappa shape index (κ2) is 6.29. The molecule has 3 fully saturated rings. The van der Waals surface area contributed by atoms with Crippen LogP contribution in [0.15, 0.2) is 34.6 Å². The number of nitrogens with zero attached hydrogens (tertiary/aromatic N) is 2. The first kappa shape index (κ1) is 18.8. The maximum atomic E-state index is 6.83. The first-order chi connectivity index (χ1) is 14.4. The molecular formula is C23H29N5OS. The second-order valence-electron chi connectivity index (χ2n) is 10.00. The van der Waals surface area contributed by atoms with Gasteiger partial charge in [-0.15, -0.1) is 11.3 Å². The third kappa shape index (κ3) is 3.07. The maximum Gasteiger partial charge on any atom is 0.212 e. The van der Waals surface area contributed by atoms with E-state index in [2.05, 4.69) is 59.0 Å². The van der Waals surface area contributed by atoms with E-state index in [1.807, 2.05) is 0 Å². The van der Waals surface area contributed by atoms with Crippen molar-refractivity contribution in [2.24, 2.45) is 16.1 Å². The predicted octanol–water partition coefficient (Wildman–Crippen LogP) is 2.97. The lowest BCUT2D eigenvalue weighted by Gasteiger charge is -2.55. The molecule has 1 aliphatic carbocycles. The number of fused-ring (bicyclic) bond motifs is 1. The minimum atomic E-state index is -0.958. The minimum Gasteiger partial charge on any atom is -0.380 e. The van der Waals surface area contributed by atoms with Crippen LogP contribution in [0.2, 0.25) is 0 Å². The SMILES string of the molecule is Cc1csc2c1C(NC1(C)CC1)=NC(N)(c1ccc(CN3CC4(COC4)C3)cc1)N2. The van der Waals surface area contributed by atoms with Crippen LogP contribution < -0.4 is 16.4 Å². The highest BCUT2D eigenvalue weighted by Crippen LogP contribution is 2.41. The van der Waals surface area contributed by atoms with Crippen molar-refractivity contribution in [3.8, 4) is 0 Å². The summed E-state index contributed by atoms with van der Waals surface area (Å²) in [6, 6.07) is 8.62. The van der Waals surface area contributed by atoms with Crippen LogP contribution in [-0.2, 0) is 17.1 Å². The number of amidine groups is 1. The number of aryl methyl sites for hydroxylation is 1. The van der Waals surface area contributed by atoms with Crippen molar-refractivity contribution in [2.75, 3.05) is 31.6 Å². The van der Waals surface area contributed by atoms with Gasteiger partial charge in [-0.3, -0.25) is 10.6 Å². The van der Waals surface area contributed by atoms with Crippen LogP contribution in [0.3, 0.4) is 0 Å². The number of ether oxygens (including phenoxy) is 1. The lowest BCUT2D eigenvalue weighted by Crippen LogP contribution is -2.65. The third-order valence-electron chi connectivity index (χ3n) is 6.96. The smallest absolute Gasteiger partial charge is 0.212 e. The molecule has 1 aromatic heterocycles. The van der Waals surface area contributed by atoms with Crippen LogP contribution in [0.1, 0.15) is 42.0 Å². The van der Waals surface area contributed by atoms with E-state index >= 15 is 0 Å². The molecule has 1 spiro atoms. The first-order valence-electron chi connectivity index (χ1n) is 10.8. The van der Waals surface area contributed by atoms with Crippen molar-refractivity contribution in [3.05, 3.63) is 51.9 Å². The number of aliphatic imine (C=N–C) groups is 1. The number of hydrogen-bond acceptors (Lipinski definition) is 7.